The molecule has 0 saturated heterocycles. The molecule has 0 aromatic heterocycles. The van der Waals surface area contributed by atoms with Crippen LogP contribution < -0.4 is 27.0 Å². The molecule has 0 aromatic carbocycles. The number of hydrogen-bond donors (Lipinski definition) is 6. The summed E-state index contributed by atoms with van der Waals surface area (Å²) in [5.74, 6) is -0.226. The fraction of sp³-hybridized carbons (Fsp3) is 0.903. The Morgan fingerprint density at radius 1 is 0.564 bits per heavy atom. The molecular weight excluding hydrogens is 488 g/mol. The first-order valence-corrected chi connectivity index (χ1v) is 16.4. The zero-order valence-electron chi connectivity index (χ0n) is 25.6. The highest BCUT2D eigenvalue weighted by Crippen LogP contribution is 2.13. The number of unbranched alkanes of at least 4 members (excludes halogenated alkanes) is 18. The van der Waals surface area contributed by atoms with Crippen molar-refractivity contribution < 1.29 is 9.59 Å². The van der Waals surface area contributed by atoms with Crippen LogP contribution in [-0.2, 0) is 4.79 Å². The van der Waals surface area contributed by atoms with Gasteiger partial charge in [-0.1, -0.05) is 129 Å². The Bertz CT molecular complexity index is 587. The van der Waals surface area contributed by atoms with Crippen molar-refractivity contribution in [1.82, 2.24) is 21.3 Å². The fourth-order valence-corrected chi connectivity index (χ4v) is 4.77. The Hall–Kier alpha value is -1.99. The summed E-state index contributed by atoms with van der Waals surface area (Å²) in [6.07, 6.45) is 26.5. The van der Waals surface area contributed by atoms with E-state index in [0.29, 0.717) is 32.5 Å². The van der Waals surface area contributed by atoms with Gasteiger partial charge in [-0.05, 0) is 25.7 Å². The summed E-state index contributed by atoms with van der Waals surface area (Å²) in [6.45, 7) is 6.23. The van der Waals surface area contributed by atoms with Crippen LogP contribution in [0.25, 0.3) is 0 Å². The van der Waals surface area contributed by atoms with Crippen LogP contribution in [0, 0.1) is 5.41 Å². The molecule has 8 heteroatoms. The molecule has 0 aliphatic heterocycles. The van der Waals surface area contributed by atoms with Crippen LogP contribution in [0.5, 0.6) is 0 Å². The van der Waals surface area contributed by atoms with Crippen LogP contribution in [0.4, 0.5) is 4.79 Å². The van der Waals surface area contributed by atoms with Gasteiger partial charge in [-0.2, -0.15) is 0 Å². The van der Waals surface area contributed by atoms with Crippen molar-refractivity contribution in [2.24, 2.45) is 5.73 Å². The summed E-state index contributed by atoms with van der Waals surface area (Å²) in [7, 11) is 0. The lowest BCUT2D eigenvalue weighted by Crippen LogP contribution is -2.50. The van der Waals surface area contributed by atoms with Gasteiger partial charge in [-0.3, -0.25) is 10.2 Å². The predicted octanol–water partition coefficient (Wildman–Crippen LogP) is 6.88. The second-order valence-corrected chi connectivity index (χ2v) is 11.1. The Kier molecular flexibility index (Phi) is 27.5. The maximum absolute atomic E-state index is 12.7. The number of carbonyl (C=O) groups is 2. The van der Waals surface area contributed by atoms with E-state index >= 15 is 0 Å². The topological polar surface area (TPSA) is 132 Å². The maximum atomic E-state index is 12.7. The van der Waals surface area contributed by atoms with Crippen molar-refractivity contribution in [3.63, 3.8) is 0 Å². The molecule has 3 amide bonds. The summed E-state index contributed by atoms with van der Waals surface area (Å²) < 4.78 is 0. The van der Waals surface area contributed by atoms with Crippen molar-refractivity contribution >= 4 is 17.9 Å². The average molecular weight is 553 g/mol. The fourth-order valence-electron chi connectivity index (χ4n) is 4.77. The third kappa shape index (κ3) is 27.4. The molecular formula is C31H64N6O2. The molecule has 0 aliphatic carbocycles. The third-order valence-corrected chi connectivity index (χ3v) is 7.25. The second kappa shape index (κ2) is 29.0. The van der Waals surface area contributed by atoms with Gasteiger partial charge in [0.05, 0.1) is 0 Å². The zero-order chi connectivity index (χ0) is 28.8. The van der Waals surface area contributed by atoms with Gasteiger partial charge in [0.15, 0.2) is 5.96 Å². The van der Waals surface area contributed by atoms with Gasteiger partial charge in [0, 0.05) is 19.6 Å². The molecule has 0 fully saturated rings. The van der Waals surface area contributed by atoms with E-state index in [0.717, 1.165) is 25.7 Å². The highest BCUT2D eigenvalue weighted by Gasteiger charge is 2.20. The number of nitrogens with one attached hydrogen (secondary N) is 5. The van der Waals surface area contributed by atoms with Gasteiger partial charge < -0.3 is 27.0 Å². The van der Waals surface area contributed by atoms with Crippen LogP contribution in [0.3, 0.4) is 0 Å². The summed E-state index contributed by atoms with van der Waals surface area (Å²) >= 11 is 0. The number of rotatable bonds is 28. The summed E-state index contributed by atoms with van der Waals surface area (Å²) in [6, 6.07) is -0.876. The normalized spacial score (nSPS) is 11.6. The van der Waals surface area contributed by atoms with Crippen molar-refractivity contribution in [3.8, 4) is 0 Å². The first-order chi connectivity index (χ1) is 19.0. The van der Waals surface area contributed by atoms with E-state index < -0.39 is 6.04 Å². The van der Waals surface area contributed by atoms with Crippen LogP contribution >= 0.6 is 0 Å². The minimum absolute atomic E-state index is 0.0852. The predicted molar refractivity (Wildman–Crippen MR) is 166 cm³/mol. The largest absolute Gasteiger partial charge is 0.370 e. The Morgan fingerprint density at radius 3 is 1.38 bits per heavy atom. The van der Waals surface area contributed by atoms with Gasteiger partial charge in [0.25, 0.3) is 0 Å². The van der Waals surface area contributed by atoms with Crippen molar-refractivity contribution in [3.05, 3.63) is 0 Å². The van der Waals surface area contributed by atoms with Crippen molar-refractivity contribution in [2.45, 2.75) is 161 Å². The highest BCUT2D eigenvalue weighted by atomic mass is 16.2. The molecule has 0 aromatic rings. The molecule has 1 atom stereocenters. The molecule has 0 saturated carbocycles. The number of hydrogen-bond acceptors (Lipinski definition) is 3. The summed E-state index contributed by atoms with van der Waals surface area (Å²) in [5, 5.41) is 18.8. The second-order valence-electron chi connectivity index (χ2n) is 11.1. The van der Waals surface area contributed by atoms with Crippen LogP contribution in [0.15, 0.2) is 0 Å². The Labute approximate surface area is 240 Å². The van der Waals surface area contributed by atoms with Gasteiger partial charge >= 0.3 is 6.03 Å². The standard InChI is InChI=1S/C31H64N6O2/c1-3-5-7-9-11-12-13-14-15-16-17-18-20-22-26-36-31(39)37-28(24-23-27-35-30(32)33)29(38)34-25-21-19-10-8-6-4-2/h28H,3-27H2,1-2H3,(H,34,38)(H4,32,33,35)(H2,36,37,39)/t28-/m0/s1. The van der Waals surface area contributed by atoms with Gasteiger partial charge in [-0.15, -0.1) is 0 Å². The number of nitrogens with two attached hydrogens (primary N) is 1. The molecule has 39 heavy (non-hydrogen) atoms. The summed E-state index contributed by atoms with van der Waals surface area (Å²) in [4.78, 5) is 25.2. The molecule has 0 heterocycles. The highest BCUT2D eigenvalue weighted by molar-refractivity contribution is 5.86. The first kappa shape index (κ1) is 37.0. The summed E-state index contributed by atoms with van der Waals surface area (Å²) in [5.41, 5.74) is 5.34. The molecule has 0 aliphatic rings. The van der Waals surface area contributed by atoms with E-state index in [1.807, 2.05) is 0 Å². The van der Waals surface area contributed by atoms with E-state index in [4.69, 9.17) is 11.1 Å². The van der Waals surface area contributed by atoms with Crippen LogP contribution in [0.1, 0.15) is 155 Å². The quantitative estimate of drug-likeness (QED) is 0.0359. The van der Waals surface area contributed by atoms with Gasteiger partial charge in [-0.25, -0.2) is 4.79 Å². The number of urea groups is 1. The number of amides is 3. The van der Waals surface area contributed by atoms with Gasteiger partial charge in [0.1, 0.15) is 6.04 Å². The van der Waals surface area contributed by atoms with Crippen molar-refractivity contribution in [1.29, 1.82) is 5.41 Å². The van der Waals surface area contributed by atoms with Crippen molar-refractivity contribution in [2.75, 3.05) is 19.6 Å². The van der Waals surface area contributed by atoms with E-state index in [1.54, 1.807) is 0 Å². The minimum Gasteiger partial charge on any atom is -0.370 e. The lowest BCUT2D eigenvalue weighted by atomic mass is 10.0. The molecule has 0 unspecified atom stereocenters. The Morgan fingerprint density at radius 2 is 0.949 bits per heavy atom. The molecule has 0 rings (SSSR count). The Balaban J connectivity index is 3.97. The molecule has 0 spiro atoms. The molecule has 230 valence electrons. The van der Waals surface area contributed by atoms with Crippen LogP contribution in [0.2, 0.25) is 0 Å². The van der Waals surface area contributed by atoms with E-state index in [1.165, 1.54) is 103 Å². The van der Waals surface area contributed by atoms with Gasteiger partial charge in [0.2, 0.25) is 5.91 Å². The number of carbonyl (C=O) groups excluding carboxylic acids is 2. The maximum Gasteiger partial charge on any atom is 0.315 e. The molecule has 8 nitrogen and oxygen atoms in total. The SMILES string of the molecule is CCCCCCCCCCCCCCCCNC(=O)N[C@@H](CCCNC(=N)N)C(=O)NCCCCCCCC. The monoisotopic (exact) mass is 553 g/mol. The third-order valence-electron chi connectivity index (χ3n) is 7.25. The van der Waals surface area contributed by atoms with E-state index in [9.17, 15) is 9.59 Å². The zero-order valence-corrected chi connectivity index (χ0v) is 25.6. The number of guanidine groups is 1. The minimum atomic E-state index is -0.588. The smallest absolute Gasteiger partial charge is 0.315 e. The lowest BCUT2D eigenvalue weighted by Gasteiger charge is -2.19. The average Bonchev–Trinajstić information content (AvgIpc) is 2.91. The lowest BCUT2D eigenvalue weighted by molar-refractivity contribution is -0.123. The van der Waals surface area contributed by atoms with E-state index in [-0.39, 0.29) is 17.9 Å². The van der Waals surface area contributed by atoms with Crippen LogP contribution in [-0.4, -0.2) is 43.6 Å². The molecule has 0 bridgehead atoms. The first-order valence-electron chi connectivity index (χ1n) is 16.4. The van der Waals surface area contributed by atoms with E-state index in [2.05, 4.69) is 35.1 Å². The molecule has 0 radical (unpaired) electrons. The molecule has 7 N–H and O–H groups in total.